The van der Waals surface area contributed by atoms with E-state index in [1.165, 1.54) is 5.01 Å². The van der Waals surface area contributed by atoms with E-state index >= 15 is 0 Å². The molecule has 7 heteroatoms. The van der Waals surface area contributed by atoms with Crippen LogP contribution in [0.3, 0.4) is 0 Å². The Bertz CT molecular complexity index is 632. The topological polar surface area (TPSA) is 59.1 Å². The van der Waals surface area contributed by atoms with Gasteiger partial charge in [-0.05, 0) is 36.4 Å². The number of carbonyl (C=O) groups excluding carboxylic acids is 1. The minimum atomic E-state index is -2.32. The Morgan fingerprint density at radius 1 is 0.909 bits per heavy atom. The molecule has 0 aliphatic carbocycles. The molecule has 0 heterocycles. The number of hydrogen-bond donors (Lipinski definition) is 0. The number of benzene rings is 2. The van der Waals surface area contributed by atoms with Gasteiger partial charge in [0.25, 0.3) is 0 Å². The molecule has 2 rings (SSSR count). The molecule has 2 aromatic rings. The van der Waals surface area contributed by atoms with Crippen molar-refractivity contribution in [2.45, 2.75) is 0 Å². The van der Waals surface area contributed by atoms with Crippen LogP contribution in [-0.2, 0) is 9.36 Å². The van der Waals surface area contributed by atoms with Crippen molar-refractivity contribution in [3.63, 3.8) is 0 Å². The highest BCUT2D eigenvalue weighted by Crippen LogP contribution is 2.31. The lowest BCUT2D eigenvalue weighted by Crippen LogP contribution is -2.35. The lowest BCUT2D eigenvalue weighted by molar-refractivity contribution is -0.109. The van der Waals surface area contributed by atoms with E-state index < -0.39 is 8.25 Å². The van der Waals surface area contributed by atoms with Crippen LogP contribution in [0.5, 0.6) is 11.5 Å². The smallest absolute Gasteiger partial charge is 0.277 e. The summed E-state index contributed by atoms with van der Waals surface area (Å²) >= 11 is 0. The zero-order valence-electron chi connectivity index (χ0n) is 12.2. The summed E-state index contributed by atoms with van der Waals surface area (Å²) < 4.78 is 22.2. The lowest BCUT2D eigenvalue weighted by atomic mass is 10.3. The fourth-order valence-corrected chi connectivity index (χ4v) is 2.34. The summed E-state index contributed by atoms with van der Waals surface area (Å²) in [5.74, 6) is 0.866. The van der Waals surface area contributed by atoms with Crippen LogP contribution in [0.25, 0.3) is 0 Å². The Hall–Kier alpha value is -2.43. The number of nitrogens with zero attached hydrogens (tertiary/aromatic N) is 2. The van der Waals surface area contributed by atoms with Gasteiger partial charge in [-0.1, -0.05) is 18.2 Å². The molecule has 1 atom stereocenters. The third-order valence-corrected chi connectivity index (χ3v) is 3.45. The molecule has 0 fully saturated rings. The highest BCUT2D eigenvalue weighted by atomic mass is 31.1. The van der Waals surface area contributed by atoms with E-state index in [-0.39, 0.29) is 0 Å². The number of rotatable bonds is 7. The summed E-state index contributed by atoms with van der Waals surface area (Å²) in [6.45, 7) is 0. The molecule has 22 heavy (non-hydrogen) atoms. The predicted molar refractivity (Wildman–Crippen MR) is 84.0 cm³/mol. The first-order valence-electron chi connectivity index (χ1n) is 6.50. The zero-order valence-corrected chi connectivity index (χ0v) is 13.1. The third kappa shape index (κ3) is 4.28. The molecule has 0 aliphatic rings. The van der Waals surface area contributed by atoms with Crippen molar-refractivity contribution in [1.82, 2.24) is 5.01 Å². The van der Waals surface area contributed by atoms with Gasteiger partial charge in [0.2, 0.25) is 6.41 Å². The maximum absolute atomic E-state index is 11.8. The average Bonchev–Trinajstić information content (AvgIpc) is 2.50. The van der Waals surface area contributed by atoms with Crippen LogP contribution in [0.15, 0.2) is 54.6 Å². The van der Waals surface area contributed by atoms with Crippen LogP contribution in [0, 0.1) is 0 Å². The Kier molecular flexibility index (Phi) is 5.47. The van der Waals surface area contributed by atoms with Crippen molar-refractivity contribution in [1.29, 1.82) is 0 Å². The Morgan fingerprint density at radius 2 is 1.45 bits per heavy atom. The summed E-state index contributed by atoms with van der Waals surface area (Å²) in [4.78, 5) is 11.0. The van der Waals surface area contributed by atoms with Gasteiger partial charge in [0.05, 0.1) is 5.69 Å². The average molecular weight is 319 g/mol. The Labute approximate surface area is 129 Å². The standard InChI is InChI=1S/C15H16N2O4P/c1-16(2)17(12-18)13-8-10-15(11-9-13)21-22(19)20-14-6-4-3-5-7-14/h3-12H,1-2H3/q+1. The van der Waals surface area contributed by atoms with Crippen LogP contribution in [-0.4, -0.2) is 25.5 Å². The molecular formula is C15H16N2O4P+. The second-order valence-electron chi connectivity index (χ2n) is 4.51. The van der Waals surface area contributed by atoms with Crippen LogP contribution < -0.4 is 14.1 Å². The van der Waals surface area contributed by atoms with Gasteiger partial charge < -0.3 is 0 Å². The normalized spacial score (nSPS) is 11.0. The molecule has 0 aliphatic heterocycles. The number of anilines is 1. The first-order valence-corrected chi connectivity index (χ1v) is 7.60. The third-order valence-electron chi connectivity index (χ3n) is 2.74. The van der Waals surface area contributed by atoms with Crippen LogP contribution in [0.1, 0.15) is 0 Å². The summed E-state index contributed by atoms with van der Waals surface area (Å²) in [7, 11) is 1.19. The number of para-hydroxylation sites is 1. The van der Waals surface area contributed by atoms with Crippen molar-refractivity contribution in [3.8, 4) is 11.5 Å². The minimum absolute atomic E-state index is 0.394. The van der Waals surface area contributed by atoms with Gasteiger partial charge in [-0.2, -0.15) is 0 Å². The molecule has 2 aromatic carbocycles. The molecule has 0 aromatic heterocycles. The van der Waals surface area contributed by atoms with Gasteiger partial charge in [0.1, 0.15) is 0 Å². The fourth-order valence-electron chi connectivity index (χ4n) is 1.72. The molecule has 1 unspecified atom stereocenters. The Balaban J connectivity index is 1.99. The fraction of sp³-hybridized carbons (Fsp3) is 0.133. The first-order chi connectivity index (χ1) is 10.6. The molecule has 0 spiro atoms. The monoisotopic (exact) mass is 319 g/mol. The molecule has 0 saturated heterocycles. The second kappa shape index (κ2) is 7.54. The van der Waals surface area contributed by atoms with E-state index in [4.69, 9.17) is 9.05 Å². The van der Waals surface area contributed by atoms with Crippen molar-refractivity contribution in [2.75, 3.05) is 19.1 Å². The summed E-state index contributed by atoms with van der Waals surface area (Å²) in [5, 5.41) is 3.06. The zero-order chi connectivity index (χ0) is 15.9. The van der Waals surface area contributed by atoms with Gasteiger partial charge >= 0.3 is 8.25 Å². The van der Waals surface area contributed by atoms with Crippen LogP contribution in [0.4, 0.5) is 5.69 Å². The SMILES string of the molecule is CN(C)N(C=O)c1ccc(O[P+](=O)Oc2ccccc2)cc1. The molecule has 0 N–H and O–H groups in total. The van der Waals surface area contributed by atoms with Crippen molar-refractivity contribution < 1.29 is 18.4 Å². The van der Waals surface area contributed by atoms with E-state index in [0.717, 1.165) is 0 Å². The van der Waals surface area contributed by atoms with Crippen molar-refractivity contribution in [3.05, 3.63) is 54.6 Å². The van der Waals surface area contributed by atoms with E-state index in [1.807, 2.05) is 6.07 Å². The van der Waals surface area contributed by atoms with Gasteiger partial charge in [-0.25, -0.2) is 19.1 Å². The molecule has 114 valence electrons. The largest absolute Gasteiger partial charge is 0.805 e. The van der Waals surface area contributed by atoms with Gasteiger partial charge in [-0.15, -0.1) is 0 Å². The van der Waals surface area contributed by atoms with E-state index in [2.05, 4.69) is 0 Å². The van der Waals surface area contributed by atoms with E-state index in [0.29, 0.717) is 23.6 Å². The number of amides is 1. The lowest BCUT2D eigenvalue weighted by Gasteiger charge is -2.24. The second-order valence-corrected chi connectivity index (χ2v) is 5.32. The number of carbonyl (C=O) groups is 1. The van der Waals surface area contributed by atoms with E-state index in [9.17, 15) is 9.36 Å². The van der Waals surface area contributed by atoms with Crippen LogP contribution >= 0.6 is 8.25 Å². The van der Waals surface area contributed by atoms with E-state index in [1.54, 1.807) is 67.6 Å². The highest BCUT2D eigenvalue weighted by molar-refractivity contribution is 7.34. The molecular weight excluding hydrogens is 303 g/mol. The summed E-state index contributed by atoms with van der Waals surface area (Å²) in [5.41, 5.74) is 0.673. The maximum Gasteiger partial charge on any atom is 0.805 e. The molecule has 0 bridgehead atoms. The maximum atomic E-state index is 11.8. The summed E-state index contributed by atoms with van der Waals surface area (Å²) in [6, 6.07) is 15.4. The first kappa shape index (κ1) is 15.9. The number of hydrazine groups is 1. The number of hydrogen-bond acceptors (Lipinski definition) is 5. The van der Waals surface area contributed by atoms with Crippen LogP contribution in [0.2, 0.25) is 0 Å². The molecule has 6 nitrogen and oxygen atoms in total. The Morgan fingerprint density at radius 3 is 1.95 bits per heavy atom. The van der Waals surface area contributed by atoms with Gasteiger partial charge in [0, 0.05) is 18.7 Å². The highest BCUT2D eigenvalue weighted by Gasteiger charge is 2.24. The summed E-state index contributed by atoms with van der Waals surface area (Å²) in [6.07, 6.45) is 0.703. The van der Waals surface area contributed by atoms with Gasteiger partial charge in [0.15, 0.2) is 11.5 Å². The molecule has 0 radical (unpaired) electrons. The van der Waals surface area contributed by atoms with Crippen molar-refractivity contribution >= 4 is 20.4 Å². The molecule has 1 amide bonds. The minimum Gasteiger partial charge on any atom is -0.277 e. The van der Waals surface area contributed by atoms with Crippen molar-refractivity contribution in [2.24, 2.45) is 0 Å². The molecule has 0 saturated carbocycles. The quantitative estimate of drug-likeness (QED) is 0.445. The predicted octanol–water partition coefficient (Wildman–Crippen LogP) is 3.24. The van der Waals surface area contributed by atoms with Gasteiger partial charge in [-0.3, -0.25) is 4.79 Å².